The number of hydrogen-bond acceptors (Lipinski definition) is 6. The molecule has 10 heteroatoms. The zero-order chi connectivity index (χ0) is 21.0. The summed E-state index contributed by atoms with van der Waals surface area (Å²) in [7, 11) is 0. The van der Waals surface area contributed by atoms with E-state index < -0.39 is 4.92 Å². The largest absolute Gasteiger partial charge is 0.382 e. The third-order valence-corrected chi connectivity index (χ3v) is 4.60. The molecule has 0 aliphatic heterocycles. The van der Waals surface area contributed by atoms with Gasteiger partial charge in [0.15, 0.2) is 0 Å². The van der Waals surface area contributed by atoms with Crippen molar-refractivity contribution in [2.75, 3.05) is 18.5 Å². The van der Waals surface area contributed by atoms with Gasteiger partial charge in [-0.1, -0.05) is 12.1 Å². The van der Waals surface area contributed by atoms with Gasteiger partial charge in [0, 0.05) is 19.8 Å². The molecule has 3 aromatic rings. The van der Waals surface area contributed by atoms with Crippen molar-refractivity contribution >= 4 is 28.6 Å². The summed E-state index contributed by atoms with van der Waals surface area (Å²) >= 11 is 0. The number of hydrogen-bond donors (Lipinski definition) is 1. The minimum absolute atomic E-state index is 0.0686. The first-order valence-corrected chi connectivity index (χ1v) is 9.43. The van der Waals surface area contributed by atoms with Crippen molar-refractivity contribution in [3.63, 3.8) is 0 Å². The number of ether oxygens (including phenoxy) is 1. The summed E-state index contributed by atoms with van der Waals surface area (Å²) in [4.78, 5) is 27.8. The molecule has 3 rings (SSSR count). The Morgan fingerprint density at radius 1 is 1.31 bits per heavy atom. The first-order valence-electron chi connectivity index (χ1n) is 9.43. The quantitative estimate of drug-likeness (QED) is 0.335. The Balaban J connectivity index is 1.79. The fourth-order valence-electron chi connectivity index (χ4n) is 3.27. The van der Waals surface area contributed by atoms with Gasteiger partial charge in [0.2, 0.25) is 11.9 Å². The van der Waals surface area contributed by atoms with E-state index in [0.717, 1.165) is 17.5 Å². The monoisotopic (exact) mass is 400 g/mol. The number of nitrogens with zero attached hydrogens (tertiary/aromatic N) is 5. The summed E-state index contributed by atoms with van der Waals surface area (Å²) in [5, 5.41) is 18.1. The molecule has 2 heterocycles. The summed E-state index contributed by atoms with van der Waals surface area (Å²) in [6.45, 7) is 6.85. The van der Waals surface area contributed by atoms with Gasteiger partial charge in [-0.25, -0.2) is 4.98 Å². The van der Waals surface area contributed by atoms with Crippen LogP contribution in [-0.4, -0.2) is 43.4 Å². The lowest BCUT2D eigenvalue weighted by Crippen LogP contribution is -2.22. The third-order valence-electron chi connectivity index (χ3n) is 4.60. The van der Waals surface area contributed by atoms with Crippen LogP contribution in [0, 0.1) is 24.0 Å². The average molecular weight is 400 g/mol. The van der Waals surface area contributed by atoms with E-state index in [1.165, 1.54) is 4.68 Å². The van der Waals surface area contributed by atoms with Crippen LogP contribution in [0.1, 0.15) is 24.7 Å². The second-order valence-corrected chi connectivity index (χ2v) is 6.61. The molecule has 0 radical (unpaired) electrons. The first kappa shape index (κ1) is 20.5. The minimum Gasteiger partial charge on any atom is -0.382 e. The van der Waals surface area contributed by atoms with E-state index in [1.807, 2.05) is 35.8 Å². The molecule has 0 bridgehead atoms. The minimum atomic E-state index is -0.482. The van der Waals surface area contributed by atoms with Gasteiger partial charge in [-0.05, 0) is 39.3 Å². The second-order valence-electron chi connectivity index (χ2n) is 6.61. The number of para-hydroxylation sites is 2. The lowest BCUT2D eigenvalue weighted by molar-refractivity contribution is -0.386. The van der Waals surface area contributed by atoms with Crippen LogP contribution in [-0.2, 0) is 22.6 Å². The number of benzene rings is 1. The van der Waals surface area contributed by atoms with Crippen molar-refractivity contribution < 1.29 is 14.5 Å². The molecule has 0 aliphatic carbocycles. The molecule has 10 nitrogen and oxygen atoms in total. The van der Waals surface area contributed by atoms with E-state index in [9.17, 15) is 14.9 Å². The molecule has 1 N–H and O–H groups in total. The van der Waals surface area contributed by atoms with Crippen molar-refractivity contribution in [3.8, 4) is 0 Å². The lowest BCUT2D eigenvalue weighted by atomic mass is 10.3. The molecule has 1 amide bonds. The van der Waals surface area contributed by atoms with Crippen LogP contribution in [0.4, 0.5) is 11.6 Å². The van der Waals surface area contributed by atoms with Crippen LogP contribution >= 0.6 is 0 Å². The van der Waals surface area contributed by atoms with Crippen LogP contribution in [0.25, 0.3) is 11.0 Å². The fraction of sp³-hybridized carbons (Fsp3) is 0.421. The molecule has 2 aromatic heterocycles. The van der Waals surface area contributed by atoms with E-state index in [0.29, 0.717) is 31.4 Å². The van der Waals surface area contributed by atoms with E-state index in [1.54, 1.807) is 13.8 Å². The van der Waals surface area contributed by atoms with Crippen molar-refractivity contribution in [2.45, 2.75) is 40.3 Å². The molecule has 0 fully saturated rings. The Morgan fingerprint density at radius 3 is 2.76 bits per heavy atom. The van der Waals surface area contributed by atoms with Gasteiger partial charge in [-0.3, -0.25) is 24.9 Å². The SMILES string of the molecule is CCOCCCn1c(NC(=O)Cn2nc(C)c([N+](=O)[O-])c2C)nc2ccccc21. The molecule has 29 heavy (non-hydrogen) atoms. The molecular weight excluding hydrogens is 376 g/mol. The van der Waals surface area contributed by atoms with Gasteiger partial charge in [0.05, 0.1) is 16.0 Å². The number of anilines is 1. The molecule has 0 aliphatic rings. The van der Waals surface area contributed by atoms with Crippen LogP contribution in [0.3, 0.4) is 0 Å². The van der Waals surface area contributed by atoms with Gasteiger partial charge >= 0.3 is 5.69 Å². The maximum Gasteiger partial charge on any atom is 0.312 e. The van der Waals surface area contributed by atoms with Gasteiger partial charge < -0.3 is 9.30 Å². The van der Waals surface area contributed by atoms with Crippen molar-refractivity contribution in [3.05, 3.63) is 45.8 Å². The first-order chi connectivity index (χ1) is 13.9. The zero-order valence-electron chi connectivity index (χ0n) is 16.7. The zero-order valence-corrected chi connectivity index (χ0v) is 16.7. The number of carbonyl (C=O) groups excluding carboxylic acids is 1. The summed E-state index contributed by atoms with van der Waals surface area (Å²) in [6.07, 6.45) is 0.778. The normalized spacial score (nSPS) is 11.1. The Hall–Kier alpha value is -3.27. The van der Waals surface area contributed by atoms with Gasteiger partial charge in [0.1, 0.15) is 17.9 Å². The van der Waals surface area contributed by atoms with Crippen LogP contribution in [0.5, 0.6) is 0 Å². The number of amides is 1. The molecule has 0 unspecified atom stereocenters. The van der Waals surface area contributed by atoms with Crippen LogP contribution in [0.15, 0.2) is 24.3 Å². The van der Waals surface area contributed by atoms with Gasteiger partial charge in [-0.15, -0.1) is 0 Å². The summed E-state index contributed by atoms with van der Waals surface area (Å²) in [5.74, 6) is 0.0793. The Morgan fingerprint density at radius 2 is 2.07 bits per heavy atom. The number of carbonyl (C=O) groups is 1. The Kier molecular flexibility index (Phi) is 6.23. The molecule has 1 aromatic carbocycles. The number of aromatic nitrogens is 4. The maximum atomic E-state index is 12.6. The fourth-order valence-corrected chi connectivity index (χ4v) is 3.27. The standard InChI is InChI=1S/C19H24N6O4/c1-4-29-11-7-10-23-16-9-6-5-8-15(16)20-19(23)21-17(26)12-24-14(3)18(25(27)28)13(2)22-24/h5-6,8-9H,4,7,10-12H2,1-3H3,(H,20,21,26). The van der Waals surface area contributed by atoms with E-state index in [-0.39, 0.29) is 23.8 Å². The molecular formula is C19H24N6O4. The molecule has 0 spiro atoms. The highest BCUT2D eigenvalue weighted by molar-refractivity contribution is 5.91. The predicted molar refractivity (Wildman–Crippen MR) is 108 cm³/mol. The summed E-state index contributed by atoms with van der Waals surface area (Å²) < 4.78 is 8.68. The summed E-state index contributed by atoms with van der Waals surface area (Å²) in [5.41, 5.74) is 2.25. The highest BCUT2D eigenvalue weighted by Crippen LogP contribution is 2.23. The molecule has 154 valence electrons. The Bertz CT molecular complexity index is 1040. The van der Waals surface area contributed by atoms with E-state index in [4.69, 9.17) is 4.74 Å². The molecule has 0 saturated heterocycles. The van der Waals surface area contributed by atoms with Crippen LogP contribution < -0.4 is 5.32 Å². The molecule has 0 saturated carbocycles. The second kappa shape index (κ2) is 8.82. The average Bonchev–Trinajstić information content (AvgIpc) is 3.15. The number of nitro groups is 1. The van der Waals surface area contributed by atoms with Crippen LogP contribution in [0.2, 0.25) is 0 Å². The van der Waals surface area contributed by atoms with Crippen molar-refractivity contribution in [1.82, 2.24) is 19.3 Å². The molecule has 0 atom stereocenters. The van der Waals surface area contributed by atoms with Crippen molar-refractivity contribution in [2.24, 2.45) is 0 Å². The predicted octanol–water partition coefficient (Wildman–Crippen LogP) is 2.82. The number of nitrogens with one attached hydrogen (secondary N) is 1. The lowest BCUT2D eigenvalue weighted by Gasteiger charge is -2.10. The highest BCUT2D eigenvalue weighted by atomic mass is 16.6. The number of rotatable bonds is 9. The maximum absolute atomic E-state index is 12.6. The van der Waals surface area contributed by atoms with Gasteiger partial charge in [0.25, 0.3) is 0 Å². The highest BCUT2D eigenvalue weighted by Gasteiger charge is 2.23. The van der Waals surface area contributed by atoms with E-state index in [2.05, 4.69) is 15.4 Å². The number of imidazole rings is 1. The number of fused-ring (bicyclic) bond motifs is 1. The smallest absolute Gasteiger partial charge is 0.312 e. The van der Waals surface area contributed by atoms with E-state index >= 15 is 0 Å². The Labute approximate surface area is 167 Å². The third kappa shape index (κ3) is 4.43. The topological polar surface area (TPSA) is 117 Å². The van der Waals surface area contributed by atoms with Gasteiger partial charge in [-0.2, -0.15) is 5.10 Å². The number of aryl methyl sites for hydroxylation is 2. The van der Waals surface area contributed by atoms with Crippen molar-refractivity contribution in [1.29, 1.82) is 0 Å². The summed E-state index contributed by atoms with van der Waals surface area (Å²) in [6, 6.07) is 7.64.